The predicted octanol–water partition coefficient (Wildman–Crippen LogP) is 4.02. The Balaban J connectivity index is 1.71. The van der Waals surface area contributed by atoms with Crippen LogP contribution in [0.5, 0.6) is 5.75 Å². The molecule has 0 aromatic heterocycles. The Kier molecular flexibility index (Phi) is 5.83. The topological polar surface area (TPSA) is 75.7 Å². The largest absolute Gasteiger partial charge is 0.495 e. The van der Waals surface area contributed by atoms with Crippen molar-refractivity contribution in [2.75, 3.05) is 19.0 Å². The second kappa shape index (κ2) is 8.28. The smallest absolute Gasteiger partial charge is 0.294 e. The average molecular weight is 403 g/mol. The number of para-hydroxylation sites is 1. The van der Waals surface area contributed by atoms with Gasteiger partial charge in [-0.2, -0.15) is 0 Å². The monoisotopic (exact) mass is 402 g/mol. The molecule has 1 aliphatic heterocycles. The molecule has 8 heteroatoms. The third-order valence-electron chi connectivity index (χ3n) is 3.71. The lowest BCUT2D eigenvalue weighted by molar-refractivity contribution is -0.127. The van der Waals surface area contributed by atoms with Crippen molar-refractivity contribution in [1.29, 1.82) is 0 Å². The molecule has 138 valence electrons. The summed E-state index contributed by atoms with van der Waals surface area (Å²) in [7, 11) is 1.51. The van der Waals surface area contributed by atoms with Crippen molar-refractivity contribution in [3.63, 3.8) is 0 Å². The summed E-state index contributed by atoms with van der Waals surface area (Å²) in [5, 5.41) is 2.55. The van der Waals surface area contributed by atoms with Gasteiger partial charge in [0.1, 0.15) is 12.3 Å². The molecular formula is C19H15ClN2O4S. The molecule has 0 aliphatic carbocycles. The lowest BCUT2D eigenvalue weighted by Crippen LogP contribution is -2.36. The van der Waals surface area contributed by atoms with Crippen molar-refractivity contribution in [2.45, 2.75) is 0 Å². The zero-order valence-electron chi connectivity index (χ0n) is 14.3. The first-order valence-corrected chi connectivity index (χ1v) is 9.11. The SMILES string of the molecule is COc1ccc(/C=C2\SC(=O)N(CC(=O)Nc3ccccc3)C2=O)cc1Cl. The van der Waals surface area contributed by atoms with Crippen LogP contribution in [0.2, 0.25) is 5.02 Å². The number of thioether (sulfide) groups is 1. The number of hydrogen-bond donors (Lipinski definition) is 1. The molecule has 2 aromatic carbocycles. The number of imide groups is 1. The number of carbonyl (C=O) groups is 3. The van der Waals surface area contributed by atoms with Crippen molar-refractivity contribution in [3.8, 4) is 5.75 Å². The van der Waals surface area contributed by atoms with Gasteiger partial charge in [0, 0.05) is 5.69 Å². The molecule has 0 atom stereocenters. The van der Waals surface area contributed by atoms with Gasteiger partial charge in [0.15, 0.2) is 0 Å². The van der Waals surface area contributed by atoms with E-state index in [1.54, 1.807) is 48.5 Å². The number of halogens is 1. The van der Waals surface area contributed by atoms with E-state index < -0.39 is 17.1 Å². The van der Waals surface area contributed by atoms with E-state index in [0.717, 1.165) is 16.7 Å². The average Bonchev–Trinajstić information content (AvgIpc) is 2.90. The third-order valence-corrected chi connectivity index (χ3v) is 4.91. The lowest BCUT2D eigenvalue weighted by Gasteiger charge is -2.12. The van der Waals surface area contributed by atoms with Gasteiger partial charge in [-0.3, -0.25) is 19.3 Å². The second-order valence-electron chi connectivity index (χ2n) is 5.58. The number of benzene rings is 2. The minimum Gasteiger partial charge on any atom is -0.495 e. The number of carbonyl (C=O) groups excluding carboxylic acids is 3. The van der Waals surface area contributed by atoms with Gasteiger partial charge in [0.2, 0.25) is 5.91 Å². The van der Waals surface area contributed by atoms with Crippen LogP contribution in [0.3, 0.4) is 0 Å². The van der Waals surface area contributed by atoms with Gasteiger partial charge < -0.3 is 10.1 Å². The van der Waals surface area contributed by atoms with Gasteiger partial charge in [-0.05, 0) is 47.7 Å². The number of nitrogens with zero attached hydrogens (tertiary/aromatic N) is 1. The van der Waals surface area contributed by atoms with E-state index in [2.05, 4.69) is 5.32 Å². The van der Waals surface area contributed by atoms with Crippen molar-refractivity contribution in [2.24, 2.45) is 0 Å². The molecule has 1 saturated heterocycles. The van der Waals surface area contributed by atoms with Crippen LogP contribution in [0, 0.1) is 0 Å². The van der Waals surface area contributed by atoms with E-state index in [9.17, 15) is 14.4 Å². The van der Waals surface area contributed by atoms with Crippen LogP contribution in [0.1, 0.15) is 5.56 Å². The van der Waals surface area contributed by atoms with Crippen LogP contribution >= 0.6 is 23.4 Å². The van der Waals surface area contributed by atoms with E-state index in [1.807, 2.05) is 6.07 Å². The zero-order chi connectivity index (χ0) is 19.4. The summed E-state index contributed by atoms with van der Waals surface area (Å²) >= 11 is 6.86. The summed E-state index contributed by atoms with van der Waals surface area (Å²) in [6, 6.07) is 13.8. The van der Waals surface area contributed by atoms with Crippen LogP contribution < -0.4 is 10.1 Å². The summed E-state index contributed by atoms with van der Waals surface area (Å²) in [4.78, 5) is 37.9. The molecule has 0 unspecified atom stereocenters. The summed E-state index contributed by atoms with van der Waals surface area (Å²) in [6.07, 6.45) is 1.56. The zero-order valence-corrected chi connectivity index (χ0v) is 15.8. The minimum atomic E-state index is -0.514. The Hall–Kier alpha value is -2.77. The van der Waals surface area contributed by atoms with Crippen LogP contribution in [0.15, 0.2) is 53.4 Å². The number of methoxy groups -OCH3 is 1. The molecule has 1 N–H and O–H groups in total. The Labute approximate surface area is 165 Å². The van der Waals surface area contributed by atoms with Crippen molar-refractivity contribution in [3.05, 3.63) is 64.0 Å². The molecule has 27 heavy (non-hydrogen) atoms. The summed E-state index contributed by atoms with van der Waals surface area (Å²) in [6.45, 7) is -0.347. The molecule has 3 rings (SSSR count). The van der Waals surface area contributed by atoms with Crippen LogP contribution in [0.4, 0.5) is 10.5 Å². The maximum Gasteiger partial charge on any atom is 0.294 e. The number of nitrogens with one attached hydrogen (secondary N) is 1. The van der Waals surface area contributed by atoms with Gasteiger partial charge in [-0.25, -0.2) is 0 Å². The fourth-order valence-corrected chi connectivity index (χ4v) is 3.53. The summed E-state index contributed by atoms with van der Waals surface area (Å²) in [5.74, 6) is -0.447. The molecule has 0 spiro atoms. The Morgan fingerprint density at radius 1 is 1.22 bits per heavy atom. The van der Waals surface area contributed by atoms with Gasteiger partial charge in [-0.15, -0.1) is 0 Å². The molecule has 2 aromatic rings. The molecular weight excluding hydrogens is 388 g/mol. The molecule has 0 radical (unpaired) electrons. The quantitative estimate of drug-likeness (QED) is 0.764. The number of ether oxygens (including phenoxy) is 1. The number of anilines is 1. The van der Waals surface area contributed by atoms with E-state index in [-0.39, 0.29) is 11.4 Å². The first kappa shape index (κ1) is 19.0. The highest BCUT2D eigenvalue weighted by atomic mass is 35.5. The molecule has 1 heterocycles. The lowest BCUT2D eigenvalue weighted by atomic mass is 10.2. The maximum absolute atomic E-state index is 12.5. The Bertz CT molecular complexity index is 931. The standard InChI is InChI=1S/C19H15ClN2O4S/c1-26-15-8-7-12(9-14(15)20)10-16-18(24)22(19(25)27-16)11-17(23)21-13-5-3-2-4-6-13/h2-10H,11H2,1H3,(H,21,23)/b16-10-. The molecule has 0 bridgehead atoms. The maximum atomic E-state index is 12.5. The summed E-state index contributed by atoms with van der Waals surface area (Å²) < 4.78 is 5.09. The first-order valence-electron chi connectivity index (χ1n) is 7.92. The Morgan fingerprint density at radius 2 is 1.96 bits per heavy atom. The Morgan fingerprint density at radius 3 is 2.63 bits per heavy atom. The molecule has 1 fully saturated rings. The minimum absolute atomic E-state index is 0.230. The van der Waals surface area contributed by atoms with Crippen molar-refractivity contribution >= 4 is 52.2 Å². The van der Waals surface area contributed by atoms with Gasteiger partial charge in [0.05, 0.1) is 17.0 Å². The van der Waals surface area contributed by atoms with E-state index in [4.69, 9.17) is 16.3 Å². The molecule has 6 nitrogen and oxygen atoms in total. The number of hydrogen-bond acceptors (Lipinski definition) is 5. The van der Waals surface area contributed by atoms with Crippen LogP contribution in [0.25, 0.3) is 6.08 Å². The van der Waals surface area contributed by atoms with Crippen LogP contribution in [-0.2, 0) is 9.59 Å². The summed E-state index contributed by atoms with van der Waals surface area (Å²) in [5.41, 5.74) is 1.25. The first-order chi connectivity index (χ1) is 13.0. The van der Waals surface area contributed by atoms with Gasteiger partial charge >= 0.3 is 0 Å². The van der Waals surface area contributed by atoms with Crippen LogP contribution in [-0.4, -0.2) is 35.6 Å². The predicted molar refractivity (Wildman–Crippen MR) is 106 cm³/mol. The molecule has 1 aliphatic rings. The van der Waals surface area contributed by atoms with E-state index in [0.29, 0.717) is 22.0 Å². The highest BCUT2D eigenvalue weighted by Gasteiger charge is 2.36. The molecule has 3 amide bonds. The highest BCUT2D eigenvalue weighted by Crippen LogP contribution is 2.33. The van der Waals surface area contributed by atoms with Gasteiger partial charge in [-0.1, -0.05) is 35.9 Å². The van der Waals surface area contributed by atoms with Gasteiger partial charge in [0.25, 0.3) is 11.1 Å². The third kappa shape index (κ3) is 4.50. The van der Waals surface area contributed by atoms with Crippen molar-refractivity contribution < 1.29 is 19.1 Å². The highest BCUT2D eigenvalue weighted by molar-refractivity contribution is 8.18. The van der Waals surface area contributed by atoms with E-state index >= 15 is 0 Å². The van der Waals surface area contributed by atoms with E-state index in [1.165, 1.54) is 7.11 Å². The number of amides is 3. The fraction of sp³-hybridized carbons (Fsp3) is 0.105. The van der Waals surface area contributed by atoms with Crippen molar-refractivity contribution in [1.82, 2.24) is 4.90 Å². The second-order valence-corrected chi connectivity index (χ2v) is 6.98. The number of rotatable bonds is 5. The molecule has 0 saturated carbocycles. The fourth-order valence-electron chi connectivity index (χ4n) is 2.43. The normalized spacial score (nSPS) is 15.3.